The van der Waals surface area contributed by atoms with E-state index in [0.717, 1.165) is 5.56 Å². The number of amides is 3. The number of piperidine rings is 1. The van der Waals surface area contributed by atoms with Crippen molar-refractivity contribution in [3.63, 3.8) is 0 Å². The van der Waals surface area contributed by atoms with Crippen molar-refractivity contribution in [3.05, 3.63) is 34.9 Å². The lowest BCUT2D eigenvalue weighted by molar-refractivity contribution is -0.155. The van der Waals surface area contributed by atoms with E-state index in [1.54, 1.807) is 43.0 Å². The molecule has 3 atom stereocenters. The molecule has 1 aliphatic heterocycles. The fourth-order valence-electron chi connectivity index (χ4n) is 4.57. The third-order valence-electron chi connectivity index (χ3n) is 7.23. The van der Waals surface area contributed by atoms with Crippen molar-refractivity contribution < 1.29 is 38.1 Å². The first-order chi connectivity index (χ1) is 19.2. The molecule has 1 unspecified atom stereocenters. The maximum atomic E-state index is 13.6. The molecule has 12 nitrogen and oxygen atoms in total. The van der Waals surface area contributed by atoms with Crippen LogP contribution in [0.3, 0.4) is 0 Å². The number of benzene rings is 1. The number of aliphatic hydroxyl groups is 1. The maximum absolute atomic E-state index is 13.6. The number of rotatable bonds is 11. The van der Waals surface area contributed by atoms with Crippen LogP contribution in [0.25, 0.3) is 0 Å². The number of hydrogen-bond acceptors (Lipinski definition) is 9. The highest BCUT2D eigenvalue weighted by Crippen LogP contribution is 2.46. The molecule has 1 heterocycles. The summed E-state index contributed by atoms with van der Waals surface area (Å²) in [6.45, 7) is 13.5. The maximum Gasteiger partial charge on any atom is 0.511 e. The van der Waals surface area contributed by atoms with Crippen LogP contribution in [0.5, 0.6) is 0 Å². The van der Waals surface area contributed by atoms with E-state index in [4.69, 9.17) is 31.3 Å². The zero-order valence-corrected chi connectivity index (χ0v) is 27.5. The van der Waals surface area contributed by atoms with Gasteiger partial charge in [0.05, 0.1) is 17.4 Å². The van der Waals surface area contributed by atoms with Gasteiger partial charge in [-0.1, -0.05) is 51.4 Å². The van der Waals surface area contributed by atoms with Gasteiger partial charge in [-0.15, -0.1) is 0 Å². The van der Waals surface area contributed by atoms with Gasteiger partial charge >= 0.3 is 12.2 Å². The van der Waals surface area contributed by atoms with Crippen molar-refractivity contribution >= 4 is 37.7 Å². The highest BCUT2D eigenvalue weighted by atomic mass is 35.5. The zero-order chi connectivity index (χ0) is 32.1. The van der Waals surface area contributed by atoms with Crippen LogP contribution >= 0.6 is 19.6 Å². The van der Waals surface area contributed by atoms with E-state index < -0.39 is 54.9 Å². The molecule has 1 saturated heterocycles. The van der Waals surface area contributed by atoms with Crippen LogP contribution in [-0.2, 0) is 29.0 Å². The summed E-state index contributed by atoms with van der Waals surface area (Å²) in [6, 6.07) is 5.62. The van der Waals surface area contributed by atoms with Crippen molar-refractivity contribution in [1.82, 2.24) is 15.5 Å². The van der Waals surface area contributed by atoms with Crippen LogP contribution in [-0.4, -0.2) is 71.5 Å². The molecule has 0 spiro atoms. The summed E-state index contributed by atoms with van der Waals surface area (Å²) < 4.78 is 26.8. The molecule has 0 bridgehead atoms. The molecule has 0 aromatic heterocycles. The second-order valence-electron chi connectivity index (χ2n) is 12.8. The van der Waals surface area contributed by atoms with E-state index in [0.29, 0.717) is 18.0 Å². The third kappa shape index (κ3) is 9.57. The van der Waals surface area contributed by atoms with Crippen LogP contribution in [0.15, 0.2) is 24.3 Å². The number of ether oxygens (including phenoxy) is 2. The summed E-state index contributed by atoms with van der Waals surface area (Å²) in [4.78, 5) is 40.0. The van der Waals surface area contributed by atoms with Crippen molar-refractivity contribution in [3.8, 4) is 0 Å². The first kappa shape index (κ1) is 35.8. The minimum absolute atomic E-state index is 0.0922. The number of nitrogens with zero attached hydrogens (tertiary/aromatic N) is 1. The summed E-state index contributed by atoms with van der Waals surface area (Å²) in [6.07, 6.45) is -0.758. The average Bonchev–Trinajstić information content (AvgIpc) is 2.86. The van der Waals surface area contributed by atoms with Crippen molar-refractivity contribution in [2.24, 2.45) is 17.1 Å². The monoisotopic (exact) mass is 632 g/mol. The lowest BCUT2D eigenvalue weighted by atomic mass is 9.66. The molecule has 14 heteroatoms. The number of hydrogen-bond donors (Lipinski definition) is 4. The van der Waals surface area contributed by atoms with Gasteiger partial charge in [-0.2, -0.15) is 0 Å². The van der Waals surface area contributed by atoms with E-state index in [-0.39, 0.29) is 24.9 Å². The average molecular weight is 633 g/mol. The number of likely N-dealkylation sites (tertiary alicyclic amines) is 1. The Labute approximate surface area is 253 Å². The van der Waals surface area contributed by atoms with Crippen molar-refractivity contribution in [2.75, 3.05) is 26.4 Å². The van der Waals surface area contributed by atoms with Crippen LogP contribution in [0.1, 0.15) is 67.4 Å². The van der Waals surface area contributed by atoms with Gasteiger partial charge in [0.1, 0.15) is 11.6 Å². The van der Waals surface area contributed by atoms with Crippen molar-refractivity contribution in [2.45, 2.75) is 84.3 Å². The standard InChI is InChI=1S/C28H46ClN4O8P/c1-18(2)21(22(34)33-14-13-28(37,25(3,4)16-33)19-9-11-20(29)12-10-19)32-23(35)31-15-26(5,6)41-24(36)39-17-40-42(38)27(7,8)30/h9-12,18,21,37,42H,13-17,30H2,1-8H3,(H2,31,32,35)/t21-,28+/m1/s1. The van der Waals surface area contributed by atoms with Gasteiger partial charge in [0.2, 0.25) is 20.7 Å². The third-order valence-corrected chi connectivity index (χ3v) is 8.91. The van der Waals surface area contributed by atoms with E-state index >= 15 is 0 Å². The predicted molar refractivity (Wildman–Crippen MR) is 160 cm³/mol. The smallest absolute Gasteiger partial charge is 0.426 e. The van der Waals surface area contributed by atoms with E-state index in [9.17, 15) is 24.1 Å². The van der Waals surface area contributed by atoms with Crippen LogP contribution < -0.4 is 16.4 Å². The Bertz CT molecular complexity index is 1140. The minimum Gasteiger partial charge on any atom is -0.426 e. The molecule has 238 valence electrons. The summed E-state index contributed by atoms with van der Waals surface area (Å²) in [5.74, 6) is -0.487. The molecule has 0 radical (unpaired) electrons. The lowest BCUT2D eigenvalue weighted by Gasteiger charge is -2.51. The van der Waals surface area contributed by atoms with Crippen LogP contribution in [0.4, 0.5) is 9.59 Å². The Morgan fingerprint density at radius 1 is 1.17 bits per heavy atom. The molecule has 0 aliphatic carbocycles. The van der Waals surface area contributed by atoms with Gasteiger partial charge in [0, 0.05) is 23.5 Å². The Kier molecular flexibility index (Phi) is 11.9. The van der Waals surface area contributed by atoms with Gasteiger partial charge < -0.3 is 35.8 Å². The topological polar surface area (TPSA) is 170 Å². The molecule has 1 aliphatic rings. The van der Waals surface area contributed by atoms with Gasteiger partial charge in [0.25, 0.3) is 0 Å². The molecule has 2 rings (SSSR count). The second-order valence-corrected chi connectivity index (χ2v) is 15.4. The normalized spacial score (nSPS) is 20.4. The zero-order valence-electron chi connectivity index (χ0n) is 25.7. The molecule has 1 aromatic carbocycles. The Morgan fingerprint density at radius 3 is 2.29 bits per heavy atom. The highest BCUT2D eigenvalue weighted by molar-refractivity contribution is 7.40. The minimum atomic E-state index is -2.64. The summed E-state index contributed by atoms with van der Waals surface area (Å²) >= 11 is 6.03. The number of nitrogens with two attached hydrogens (primary N) is 1. The van der Waals surface area contributed by atoms with Gasteiger partial charge in [0.15, 0.2) is 0 Å². The van der Waals surface area contributed by atoms with E-state index in [2.05, 4.69) is 10.6 Å². The van der Waals surface area contributed by atoms with E-state index in [1.807, 2.05) is 27.7 Å². The molecular formula is C28H46ClN4O8P. The SMILES string of the molecule is CC(C)[C@@H](NC(=O)NCC(C)(C)OC(=O)OCO[PH](=O)C(C)(C)N)C(=O)N1CC[C@](O)(c2ccc(Cl)cc2)C(C)(C)C1. The number of nitrogens with one attached hydrogen (secondary N) is 2. The van der Waals surface area contributed by atoms with Gasteiger partial charge in [-0.25, -0.2) is 9.59 Å². The molecule has 0 saturated carbocycles. The Balaban J connectivity index is 1.93. The molecule has 5 N–H and O–H groups in total. The molecule has 42 heavy (non-hydrogen) atoms. The van der Waals surface area contributed by atoms with Crippen LogP contribution in [0, 0.1) is 11.3 Å². The number of carbonyl (C=O) groups excluding carboxylic acids is 3. The summed E-state index contributed by atoms with van der Waals surface area (Å²) in [5.41, 5.74) is 3.40. The lowest BCUT2D eigenvalue weighted by Crippen LogP contribution is -2.61. The first-order valence-corrected chi connectivity index (χ1v) is 15.5. The number of carbonyl (C=O) groups is 3. The first-order valence-electron chi connectivity index (χ1n) is 13.8. The summed E-state index contributed by atoms with van der Waals surface area (Å²) in [5, 5.41) is 16.5. The quantitative estimate of drug-likeness (QED) is 0.159. The molecule has 1 fully saturated rings. The second kappa shape index (κ2) is 13.9. The van der Waals surface area contributed by atoms with Crippen molar-refractivity contribution in [1.29, 1.82) is 0 Å². The molecule has 3 amide bonds. The van der Waals surface area contributed by atoms with Crippen LogP contribution in [0.2, 0.25) is 5.02 Å². The fraction of sp³-hybridized carbons (Fsp3) is 0.679. The predicted octanol–water partition coefficient (Wildman–Crippen LogP) is 4.19. The van der Waals surface area contributed by atoms with Gasteiger partial charge in [-0.3, -0.25) is 13.9 Å². The van der Waals surface area contributed by atoms with Gasteiger partial charge in [-0.05, 0) is 57.7 Å². The highest BCUT2D eigenvalue weighted by Gasteiger charge is 2.50. The number of halogens is 1. The number of urea groups is 1. The summed E-state index contributed by atoms with van der Waals surface area (Å²) in [7, 11) is -2.64. The van der Waals surface area contributed by atoms with E-state index in [1.165, 1.54) is 13.8 Å². The molecule has 1 aromatic rings. The molecular weight excluding hydrogens is 587 g/mol. The fourth-order valence-corrected chi connectivity index (χ4v) is 5.24. The largest absolute Gasteiger partial charge is 0.511 e. The Hall–Kier alpha value is -2.37. The Morgan fingerprint density at radius 2 is 1.76 bits per heavy atom.